The van der Waals surface area contributed by atoms with Crippen molar-refractivity contribution in [2.75, 3.05) is 11.4 Å². The molecule has 0 aliphatic rings. The maximum absolute atomic E-state index is 6.11. The van der Waals surface area contributed by atoms with E-state index < -0.39 is 0 Å². The fraction of sp³-hybridized carbons (Fsp3) is 0.375. The predicted octanol–water partition coefficient (Wildman–Crippen LogP) is 4.11. The molecule has 0 saturated carbocycles. The maximum atomic E-state index is 6.11. The van der Waals surface area contributed by atoms with Crippen LogP contribution in [0, 0.1) is 0 Å². The van der Waals surface area contributed by atoms with Crippen LogP contribution in [-0.4, -0.2) is 16.5 Å². The van der Waals surface area contributed by atoms with Crippen LogP contribution in [-0.2, 0) is 13.0 Å². The minimum Gasteiger partial charge on any atom is -0.352 e. The number of aromatic nitrogens is 2. The highest BCUT2D eigenvalue weighted by Crippen LogP contribution is 2.19. The normalized spacial score (nSPS) is 10.6. The first kappa shape index (κ1) is 14.8. The Morgan fingerprint density at radius 2 is 1.85 bits per heavy atom. The highest BCUT2D eigenvalue weighted by molar-refractivity contribution is 6.29. The summed E-state index contributed by atoms with van der Waals surface area (Å²) in [6.45, 7) is 5.95. The topological polar surface area (TPSA) is 29.0 Å². The Morgan fingerprint density at radius 3 is 2.50 bits per heavy atom. The average molecular weight is 290 g/mol. The number of anilines is 1. The van der Waals surface area contributed by atoms with Crippen LogP contribution in [0.3, 0.4) is 0 Å². The zero-order chi connectivity index (χ0) is 14.4. The van der Waals surface area contributed by atoms with Crippen molar-refractivity contribution in [2.24, 2.45) is 0 Å². The summed E-state index contributed by atoms with van der Waals surface area (Å²) in [5.74, 6) is 1.72. The van der Waals surface area contributed by atoms with Gasteiger partial charge in [0, 0.05) is 25.6 Å². The van der Waals surface area contributed by atoms with E-state index in [4.69, 9.17) is 11.6 Å². The minimum absolute atomic E-state index is 0.518. The number of rotatable bonds is 6. The van der Waals surface area contributed by atoms with Gasteiger partial charge < -0.3 is 4.90 Å². The summed E-state index contributed by atoms with van der Waals surface area (Å²) in [4.78, 5) is 11.1. The molecule has 0 unspecified atom stereocenters. The fourth-order valence-electron chi connectivity index (χ4n) is 2.11. The Morgan fingerprint density at radius 1 is 1.10 bits per heavy atom. The first-order valence-corrected chi connectivity index (χ1v) is 7.43. The molecule has 0 atom stereocenters. The molecule has 0 fully saturated rings. The Labute approximate surface area is 125 Å². The zero-order valence-electron chi connectivity index (χ0n) is 12.0. The standard InChI is InChI=1S/C16H20ClN3/c1-3-8-15-18-14(17)11-16(19-15)20(4-2)12-13-9-6-5-7-10-13/h5-7,9-11H,3-4,8,12H2,1-2H3. The molecule has 0 radical (unpaired) electrons. The molecule has 2 rings (SSSR count). The molecule has 0 saturated heterocycles. The molecular weight excluding hydrogens is 270 g/mol. The van der Waals surface area contributed by atoms with Gasteiger partial charge in [0.05, 0.1) is 0 Å². The summed E-state index contributed by atoms with van der Waals surface area (Å²) in [6.07, 6.45) is 1.88. The second-order valence-electron chi connectivity index (χ2n) is 4.71. The molecule has 0 N–H and O–H groups in total. The van der Waals surface area contributed by atoms with E-state index in [9.17, 15) is 0 Å². The lowest BCUT2D eigenvalue weighted by Crippen LogP contribution is -2.23. The first-order valence-electron chi connectivity index (χ1n) is 7.05. The fourth-order valence-corrected chi connectivity index (χ4v) is 2.30. The quantitative estimate of drug-likeness (QED) is 0.750. The molecule has 20 heavy (non-hydrogen) atoms. The highest BCUT2D eigenvalue weighted by Gasteiger charge is 2.10. The van der Waals surface area contributed by atoms with Crippen LogP contribution in [0.2, 0.25) is 5.15 Å². The van der Waals surface area contributed by atoms with E-state index in [1.807, 2.05) is 12.1 Å². The van der Waals surface area contributed by atoms with Crippen LogP contribution in [0.25, 0.3) is 0 Å². The molecule has 2 aromatic rings. The molecule has 3 nitrogen and oxygen atoms in total. The maximum Gasteiger partial charge on any atom is 0.134 e. The summed E-state index contributed by atoms with van der Waals surface area (Å²) in [5, 5.41) is 0.518. The van der Waals surface area contributed by atoms with Crippen molar-refractivity contribution in [2.45, 2.75) is 33.2 Å². The van der Waals surface area contributed by atoms with Crippen LogP contribution in [0.5, 0.6) is 0 Å². The van der Waals surface area contributed by atoms with Gasteiger partial charge in [0.1, 0.15) is 16.8 Å². The summed E-state index contributed by atoms with van der Waals surface area (Å²) in [7, 11) is 0. The SMILES string of the molecule is CCCc1nc(Cl)cc(N(CC)Cc2ccccc2)n1. The molecule has 0 aliphatic carbocycles. The van der Waals surface area contributed by atoms with Crippen molar-refractivity contribution in [1.29, 1.82) is 0 Å². The van der Waals surface area contributed by atoms with Gasteiger partial charge in [0.15, 0.2) is 0 Å². The molecular formula is C16H20ClN3. The number of aryl methyl sites for hydroxylation is 1. The number of hydrogen-bond donors (Lipinski definition) is 0. The van der Waals surface area contributed by atoms with E-state index >= 15 is 0 Å². The van der Waals surface area contributed by atoms with Crippen LogP contribution in [0.1, 0.15) is 31.7 Å². The molecule has 4 heteroatoms. The number of benzene rings is 1. The average Bonchev–Trinajstić information content (AvgIpc) is 2.45. The summed E-state index contributed by atoms with van der Waals surface area (Å²) in [6, 6.07) is 12.2. The van der Waals surface area contributed by atoms with Crippen molar-refractivity contribution in [1.82, 2.24) is 9.97 Å². The van der Waals surface area contributed by atoms with Gasteiger partial charge in [-0.15, -0.1) is 0 Å². The van der Waals surface area contributed by atoms with Gasteiger partial charge in [-0.05, 0) is 18.9 Å². The van der Waals surface area contributed by atoms with E-state index in [1.165, 1.54) is 5.56 Å². The smallest absolute Gasteiger partial charge is 0.134 e. The second kappa shape index (κ2) is 7.25. The van der Waals surface area contributed by atoms with E-state index in [2.05, 4.69) is 53.0 Å². The van der Waals surface area contributed by atoms with Crippen molar-refractivity contribution in [3.8, 4) is 0 Å². The zero-order valence-corrected chi connectivity index (χ0v) is 12.8. The van der Waals surface area contributed by atoms with Crippen LogP contribution >= 0.6 is 11.6 Å². The number of halogens is 1. The van der Waals surface area contributed by atoms with E-state index in [1.54, 1.807) is 0 Å². The Balaban J connectivity index is 2.22. The van der Waals surface area contributed by atoms with E-state index in [0.717, 1.165) is 37.6 Å². The third kappa shape index (κ3) is 3.94. The molecule has 0 spiro atoms. The first-order chi connectivity index (χ1) is 9.72. The predicted molar refractivity (Wildman–Crippen MR) is 84.2 cm³/mol. The lowest BCUT2D eigenvalue weighted by Gasteiger charge is -2.22. The van der Waals surface area contributed by atoms with Gasteiger partial charge in [0.25, 0.3) is 0 Å². The van der Waals surface area contributed by atoms with Gasteiger partial charge in [-0.1, -0.05) is 48.9 Å². The molecule has 1 aromatic carbocycles. The van der Waals surface area contributed by atoms with Crippen LogP contribution < -0.4 is 4.90 Å². The monoisotopic (exact) mass is 289 g/mol. The third-order valence-corrected chi connectivity index (χ3v) is 3.32. The van der Waals surface area contributed by atoms with Crippen molar-refractivity contribution in [3.63, 3.8) is 0 Å². The third-order valence-electron chi connectivity index (χ3n) is 3.12. The van der Waals surface area contributed by atoms with Gasteiger partial charge in [0.2, 0.25) is 0 Å². The second-order valence-corrected chi connectivity index (χ2v) is 5.10. The Bertz CT molecular complexity index is 543. The Kier molecular flexibility index (Phi) is 5.36. The van der Waals surface area contributed by atoms with Gasteiger partial charge in [-0.3, -0.25) is 0 Å². The van der Waals surface area contributed by atoms with E-state index in [-0.39, 0.29) is 0 Å². The van der Waals surface area contributed by atoms with Crippen LogP contribution in [0.15, 0.2) is 36.4 Å². The van der Waals surface area contributed by atoms with Crippen LogP contribution in [0.4, 0.5) is 5.82 Å². The highest BCUT2D eigenvalue weighted by atomic mass is 35.5. The van der Waals surface area contributed by atoms with E-state index in [0.29, 0.717) is 5.15 Å². The molecule has 0 amide bonds. The molecule has 0 aliphatic heterocycles. The summed E-state index contributed by atoms with van der Waals surface area (Å²) >= 11 is 6.11. The lowest BCUT2D eigenvalue weighted by atomic mass is 10.2. The largest absolute Gasteiger partial charge is 0.352 e. The van der Waals surface area contributed by atoms with Gasteiger partial charge >= 0.3 is 0 Å². The van der Waals surface area contributed by atoms with Crippen molar-refractivity contribution in [3.05, 3.63) is 52.9 Å². The molecule has 1 heterocycles. The van der Waals surface area contributed by atoms with Crippen molar-refractivity contribution >= 4 is 17.4 Å². The number of nitrogens with zero attached hydrogens (tertiary/aromatic N) is 3. The molecule has 106 valence electrons. The van der Waals surface area contributed by atoms with Gasteiger partial charge in [-0.25, -0.2) is 9.97 Å². The lowest BCUT2D eigenvalue weighted by molar-refractivity contribution is 0.780. The molecule has 0 bridgehead atoms. The molecule has 1 aromatic heterocycles. The van der Waals surface area contributed by atoms with Crippen molar-refractivity contribution < 1.29 is 0 Å². The summed E-state index contributed by atoms with van der Waals surface area (Å²) in [5.41, 5.74) is 1.26. The van der Waals surface area contributed by atoms with Gasteiger partial charge in [-0.2, -0.15) is 0 Å². The number of hydrogen-bond acceptors (Lipinski definition) is 3. The Hall–Kier alpha value is -1.61. The minimum atomic E-state index is 0.518. The summed E-state index contributed by atoms with van der Waals surface area (Å²) < 4.78 is 0.